The van der Waals surface area contributed by atoms with Crippen molar-refractivity contribution in [3.05, 3.63) is 35.9 Å². The molecule has 0 aliphatic heterocycles. The van der Waals surface area contributed by atoms with E-state index in [0.29, 0.717) is 6.42 Å². The molecule has 1 aromatic carbocycles. The molecule has 0 fully saturated rings. The molecule has 0 aliphatic carbocycles. The molecule has 0 aromatic heterocycles. The Balaban J connectivity index is 2.59. The number of hydrogen-bond acceptors (Lipinski definition) is 2. The maximum atomic E-state index is 10.5. The predicted molar refractivity (Wildman–Crippen MR) is 61.1 cm³/mol. The second-order valence-electron chi connectivity index (χ2n) is 2.85. The van der Waals surface area contributed by atoms with Crippen LogP contribution >= 0.6 is 11.8 Å². The molecule has 0 atom stereocenters. The van der Waals surface area contributed by atoms with E-state index < -0.39 is 0 Å². The monoisotopic (exact) mass is 207 g/mol. The lowest BCUT2D eigenvalue weighted by Gasteiger charge is -1.96. The number of benzene rings is 1. The van der Waals surface area contributed by atoms with Crippen molar-refractivity contribution in [3.8, 4) is 0 Å². The Hall–Kier alpha value is -1.22. The fraction of sp³-hybridized carbons (Fsp3) is 0.182. The molecule has 0 radical (unpaired) electrons. The zero-order valence-corrected chi connectivity index (χ0v) is 8.88. The highest BCUT2D eigenvalue weighted by molar-refractivity contribution is 7.98. The number of primary amides is 1. The minimum absolute atomic E-state index is 0.296. The minimum atomic E-state index is -0.304. The summed E-state index contributed by atoms with van der Waals surface area (Å²) in [5.74, 6) is -0.304. The number of carbonyl (C=O) groups is 1. The van der Waals surface area contributed by atoms with E-state index in [2.05, 4.69) is 12.1 Å². The van der Waals surface area contributed by atoms with Crippen LogP contribution in [-0.4, -0.2) is 12.2 Å². The van der Waals surface area contributed by atoms with Crippen LogP contribution in [0.1, 0.15) is 12.0 Å². The Morgan fingerprint density at radius 1 is 1.43 bits per heavy atom. The molecule has 0 saturated heterocycles. The first-order valence-electron chi connectivity index (χ1n) is 4.31. The van der Waals surface area contributed by atoms with Gasteiger partial charge in [0.15, 0.2) is 0 Å². The van der Waals surface area contributed by atoms with E-state index in [0.717, 1.165) is 5.56 Å². The van der Waals surface area contributed by atoms with E-state index >= 15 is 0 Å². The number of carbonyl (C=O) groups excluding carboxylic acids is 1. The van der Waals surface area contributed by atoms with Crippen LogP contribution in [0, 0.1) is 0 Å². The zero-order valence-electron chi connectivity index (χ0n) is 8.07. The Morgan fingerprint density at radius 3 is 2.57 bits per heavy atom. The summed E-state index contributed by atoms with van der Waals surface area (Å²) in [6, 6.07) is 8.13. The standard InChI is InChI=1S/C11H13NOS/c1-14-10-7-5-9(6-8-10)3-2-4-11(12)13/h2-3,5-8H,4H2,1H3,(H2,12,13). The molecule has 2 N–H and O–H groups in total. The molecule has 0 aliphatic rings. The first-order chi connectivity index (χ1) is 6.72. The number of nitrogens with two attached hydrogens (primary N) is 1. The summed E-state index contributed by atoms with van der Waals surface area (Å²) < 4.78 is 0. The Bertz CT molecular complexity index is 330. The zero-order chi connectivity index (χ0) is 10.4. The summed E-state index contributed by atoms with van der Waals surface area (Å²) in [6.07, 6.45) is 6.01. The molecule has 3 heteroatoms. The molecular weight excluding hydrogens is 194 g/mol. The van der Waals surface area contributed by atoms with Crippen molar-refractivity contribution in [2.24, 2.45) is 5.73 Å². The average molecular weight is 207 g/mol. The second-order valence-corrected chi connectivity index (χ2v) is 3.73. The van der Waals surface area contributed by atoms with Crippen LogP contribution in [0.15, 0.2) is 35.2 Å². The van der Waals surface area contributed by atoms with Gasteiger partial charge in [-0.25, -0.2) is 0 Å². The minimum Gasteiger partial charge on any atom is -0.369 e. The smallest absolute Gasteiger partial charge is 0.221 e. The molecule has 0 bridgehead atoms. The molecule has 74 valence electrons. The van der Waals surface area contributed by atoms with Crippen molar-refractivity contribution in [2.45, 2.75) is 11.3 Å². The highest BCUT2D eigenvalue weighted by atomic mass is 32.2. The first-order valence-corrected chi connectivity index (χ1v) is 5.54. The molecule has 0 heterocycles. The van der Waals surface area contributed by atoms with Gasteiger partial charge in [0.2, 0.25) is 5.91 Å². The van der Waals surface area contributed by atoms with Crippen LogP contribution in [0.4, 0.5) is 0 Å². The van der Waals surface area contributed by atoms with E-state index in [4.69, 9.17) is 5.73 Å². The number of thioether (sulfide) groups is 1. The first kappa shape index (κ1) is 10.9. The van der Waals surface area contributed by atoms with E-state index in [1.165, 1.54) is 4.90 Å². The predicted octanol–water partition coefficient (Wildman–Crippen LogP) is 2.30. The van der Waals surface area contributed by atoms with Gasteiger partial charge in [0.25, 0.3) is 0 Å². The lowest BCUT2D eigenvalue weighted by molar-refractivity contribution is -0.117. The van der Waals surface area contributed by atoms with Crippen LogP contribution < -0.4 is 5.73 Å². The van der Waals surface area contributed by atoms with Crippen molar-refractivity contribution >= 4 is 23.7 Å². The van der Waals surface area contributed by atoms with Gasteiger partial charge >= 0.3 is 0 Å². The van der Waals surface area contributed by atoms with E-state index in [1.54, 1.807) is 17.8 Å². The summed E-state index contributed by atoms with van der Waals surface area (Å²) in [4.78, 5) is 11.7. The molecule has 0 unspecified atom stereocenters. The van der Waals surface area contributed by atoms with Gasteiger partial charge in [-0.2, -0.15) is 0 Å². The van der Waals surface area contributed by atoms with Crippen LogP contribution in [0.25, 0.3) is 6.08 Å². The summed E-state index contributed by atoms with van der Waals surface area (Å²) in [5.41, 5.74) is 6.10. The SMILES string of the molecule is CSc1ccc(C=CCC(N)=O)cc1. The molecule has 0 spiro atoms. The molecule has 0 saturated carbocycles. The summed E-state index contributed by atoms with van der Waals surface area (Å²) in [7, 11) is 0. The molecule has 14 heavy (non-hydrogen) atoms. The van der Waals surface area contributed by atoms with Crippen molar-refractivity contribution in [1.82, 2.24) is 0 Å². The lowest BCUT2D eigenvalue weighted by atomic mass is 10.2. The van der Waals surface area contributed by atoms with E-state index in [9.17, 15) is 4.79 Å². The molecule has 1 rings (SSSR count). The number of hydrogen-bond donors (Lipinski definition) is 1. The summed E-state index contributed by atoms with van der Waals surface area (Å²) >= 11 is 1.71. The Labute approximate surface area is 88.2 Å². The third-order valence-electron chi connectivity index (χ3n) is 1.75. The quantitative estimate of drug-likeness (QED) is 0.770. The summed E-state index contributed by atoms with van der Waals surface area (Å²) in [5, 5.41) is 0. The van der Waals surface area contributed by atoms with Crippen molar-refractivity contribution in [1.29, 1.82) is 0 Å². The van der Waals surface area contributed by atoms with Gasteiger partial charge in [0.1, 0.15) is 0 Å². The Kier molecular flexibility index (Phi) is 4.26. The molecular formula is C11H13NOS. The van der Waals surface area contributed by atoms with E-state index in [1.807, 2.05) is 24.5 Å². The second kappa shape index (κ2) is 5.50. The van der Waals surface area contributed by atoms with Gasteiger partial charge in [0, 0.05) is 11.3 Å². The fourth-order valence-corrected chi connectivity index (χ4v) is 1.43. The van der Waals surface area contributed by atoms with Gasteiger partial charge in [-0.15, -0.1) is 11.8 Å². The van der Waals surface area contributed by atoms with Crippen LogP contribution in [0.3, 0.4) is 0 Å². The van der Waals surface area contributed by atoms with Crippen molar-refractivity contribution in [3.63, 3.8) is 0 Å². The van der Waals surface area contributed by atoms with Crippen LogP contribution in [0.2, 0.25) is 0 Å². The number of rotatable bonds is 4. The highest BCUT2D eigenvalue weighted by Gasteiger charge is 1.90. The van der Waals surface area contributed by atoms with E-state index in [-0.39, 0.29) is 5.91 Å². The summed E-state index contributed by atoms with van der Waals surface area (Å²) in [6.45, 7) is 0. The number of amides is 1. The molecule has 1 aromatic rings. The van der Waals surface area contributed by atoms with Crippen LogP contribution in [0.5, 0.6) is 0 Å². The highest BCUT2D eigenvalue weighted by Crippen LogP contribution is 2.15. The van der Waals surface area contributed by atoms with Crippen LogP contribution in [-0.2, 0) is 4.79 Å². The van der Waals surface area contributed by atoms with Crippen molar-refractivity contribution < 1.29 is 4.79 Å². The molecule has 2 nitrogen and oxygen atoms in total. The Morgan fingerprint density at radius 2 is 2.07 bits per heavy atom. The van der Waals surface area contributed by atoms with Gasteiger partial charge in [-0.05, 0) is 24.0 Å². The van der Waals surface area contributed by atoms with Crippen molar-refractivity contribution in [2.75, 3.05) is 6.26 Å². The lowest BCUT2D eigenvalue weighted by Crippen LogP contribution is -2.07. The third kappa shape index (κ3) is 3.66. The van der Waals surface area contributed by atoms with Gasteiger partial charge in [0.05, 0.1) is 0 Å². The normalized spacial score (nSPS) is 10.6. The van der Waals surface area contributed by atoms with Gasteiger partial charge in [-0.1, -0.05) is 24.3 Å². The van der Waals surface area contributed by atoms with Gasteiger partial charge < -0.3 is 5.73 Å². The maximum Gasteiger partial charge on any atom is 0.221 e. The largest absolute Gasteiger partial charge is 0.369 e. The topological polar surface area (TPSA) is 43.1 Å². The average Bonchev–Trinajstić information content (AvgIpc) is 2.18. The fourth-order valence-electron chi connectivity index (χ4n) is 1.03. The maximum absolute atomic E-state index is 10.5. The molecule has 1 amide bonds. The van der Waals surface area contributed by atoms with Gasteiger partial charge in [-0.3, -0.25) is 4.79 Å². The third-order valence-corrected chi connectivity index (χ3v) is 2.49.